The summed E-state index contributed by atoms with van der Waals surface area (Å²) >= 11 is 0. The number of piperazine rings is 1. The Morgan fingerprint density at radius 1 is 1.21 bits per heavy atom. The molecule has 1 aromatic rings. The molecular formula is C19H31N3O2. The number of nitrogens with one attached hydrogen (secondary N) is 1. The van der Waals surface area contributed by atoms with Crippen molar-refractivity contribution in [1.82, 2.24) is 15.1 Å². The second-order valence-corrected chi connectivity index (χ2v) is 7.07. The minimum atomic E-state index is 0.137. The second-order valence-electron chi connectivity index (χ2n) is 7.07. The number of nitrogens with zero attached hydrogens (tertiary/aromatic N) is 2. The van der Waals surface area contributed by atoms with Gasteiger partial charge in [-0.1, -0.05) is 31.5 Å². The Bertz CT molecular complexity index is 537. The molecule has 1 aliphatic rings. The van der Waals surface area contributed by atoms with Crippen LogP contribution in [-0.4, -0.2) is 62.1 Å². The van der Waals surface area contributed by atoms with Crippen molar-refractivity contribution in [3.8, 4) is 5.75 Å². The highest BCUT2D eigenvalue weighted by Gasteiger charge is 2.20. The average molecular weight is 333 g/mol. The number of benzene rings is 1. The first-order valence-corrected chi connectivity index (χ1v) is 8.83. The van der Waals surface area contributed by atoms with Crippen LogP contribution < -0.4 is 10.1 Å². The van der Waals surface area contributed by atoms with E-state index in [1.165, 1.54) is 11.1 Å². The highest BCUT2D eigenvalue weighted by molar-refractivity contribution is 5.78. The summed E-state index contributed by atoms with van der Waals surface area (Å²) in [7, 11) is 1.72. The largest absolute Gasteiger partial charge is 0.496 e. The summed E-state index contributed by atoms with van der Waals surface area (Å²) < 4.78 is 5.47. The van der Waals surface area contributed by atoms with Crippen molar-refractivity contribution in [1.29, 1.82) is 0 Å². The molecule has 5 nitrogen and oxygen atoms in total. The summed E-state index contributed by atoms with van der Waals surface area (Å²) in [6.45, 7) is 12.3. The maximum atomic E-state index is 11.9. The second kappa shape index (κ2) is 9.04. The topological polar surface area (TPSA) is 44.8 Å². The van der Waals surface area contributed by atoms with Crippen molar-refractivity contribution in [2.45, 2.75) is 27.3 Å². The van der Waals surface area contributed by atoms with Crippen LogP contribution in [0.5, 0.6) is 5.75 Å². The molecule has 0 saturated carbocycles. The summed E-state index contributed by atoms with van der Waals surface area (Å²) in [5.74, 6) is 1.59. The van der Waals surface area contributed by atoms with E-state index in [9.17, 15) is 4.79 Å². The molecule has 1 aromatic carbocycles. The van der Waals surface area contributed by atoms with E-state index < -0.39 is 0 Å². The van der Waals surface area contributed by atoms with E-state index in [2.05, 4.69) is 48.0 Å². The highest BCUT2D eigenvalue weighted by Crippen LogP contribution is 2.21. The molecule has 0 radical (unpaired) electrons. The Hall–Kier alpha value is -1.59. The first kappa shape index (κ1) is 18.7. The number of aryl methyl sites for hydroxylation is 1. The molecule has 1 amide bonds. The summed E-state index contributed by atoms with van der Waals surface area (Å²) in [5.41, 5.74) is 2.49. The lowest BCUT2D eigenvalue weighted by Crippen LogP contribution is -2.49. The van der Waals surface area contributed by atoms with Gasteiger partial charge in [0, 0.05) is 44.8 Å². The predicted molar refractivity (Wildman–Crippen MR) is 97.3 cm³/mol. The minimum absolute atomic E-state index is 0.137. The number of hydrogen-bond donors (Lipinski definition) is 1. The van der Waals surface area contributed by atoms with Gasteiger partial charge in [0.1, 0.15) is 5.75 Å². The number of amides is 1. The molecule has 0 unspecified atom stereocenters. The molecule has 1 heterocycles. The quantitative estimate of drug-likeness (QED) is 0.828. The Kier molecular flexibility index (Phi) is 7.06. The third-order valence-electron chi connectivity index (χ3n) is 4.37. The number of hydrogen-bond acceptors (Lipinski definition) is 4. The number of carbonyl (C=O) groups excluding carboxylic acids is 1. The predicted octanol–water partition coefficient (Wildman–Crippen LogP) is 1.89. The van der Waals surface area contributed by atoms with E-state index in [1.807, 2.05) is 6.07 Å². The van der Waals surface area contributed by atoms with Crippen molar-refractivity contribution in [2.24, 2.45) is 5.92 Å². The van der Waals surface area contributed by atoms with Gasteiger partial charge in [0.05, 0.1) is 13.7 Å². The first-order chi connectivity index (χ1) is 11.5. The third-order valence-corrected chi connectivity index (χ3v) is 4.37. The maximum Gasteiger partial charge on any atom is 0.234 e. The fraction of sp³-hybridized carbons (Fsp3) is 0.632. The van der Waals surface area contributed by atoms with Crippen LogP contribution in [-0.2, 0) is 11.3 Å². The molecule has 1 N–H and O–H groups in total. The Morgan fingerprint density at radius 2 is 1.88 bits per heavy atom. The highest BCUT2D eigenvalue weighted by atomic mass is 16.5. The molecule has 1 fully saturated rings. The Balaban J connectivity index is 1.79. The number of methoxy groups -OCH3 is 1. The van der Waals surface area contributed by atoms with E-state index in [0.717, 1.165) is 45.0 Å². The smallest absolute Gasteiger partial charge is 0.234 e. The van der Waals surface area contributed by atoms with Gasteiger partial charge >= 0.3 is 0 Å². The van der Waals surface area contributed by atoms with Crippen LogP contribution in [0.15, 0.2) is 18.2 Å². The molecule has 0 atom stereocenters. The Morgan fingerprint density at radius 3 is 2.50 bits per heavy atom. The minimum Gasteiger partial charge on any atom is -0.496 e. The fourth-order valence-corrected chi connectivity index (χ4v) is 2.95. The molecule has 2 rings (SSSR count). The van der Waals surface area contributed by atoms with Gasteiger partial charge in [-0.05, 0) is 18.9 Å². The molecule has 24 heavy (non-hydrogen) atoms. The van der Waals surface area contributed by atoms with Crippen LogP contribution in [0.25, 0.3) is 0 Å². The van der Waals surface area contributed by atoms with Crippen LogP contribution in [0.1, 0.15) is 25.0 Å². The lowest BCUT2D eigenvalue weighted by atomic mass is 10.1. The van der Waals surface area contributed by atoms with Crippen molar-refractivity contribution in [2.75, 3.05) is 46.4 Å². The van der Waals surface area contributed by atoms with Crippen molar-refractivity contribution in [3.63, 3.8) is 0 Å². The molecule has 1 saturated heterocycles. The zero-order valence-electron chi connectivity index (χ0n) is 15.5. The van der Waals surface area contributed by atoms with E-state index in [0.29, 0.717) is 12.5 Å². The standard InChI is InChI=1S/C19H31N3O2/c1-15(2)12-20-19(23)14-22-9-7-21(8-10-22)13-17-11-16(3)5-6-18(17)24-4/h5-6,11,15H,7-10,12-14H2,1-4H3,(H,20,23). The van der Waals surface area contributed by atoms with Crippen LogP contribution in [0.2, 0.25) is 0 Å². The van der Waals surface area contributed by atoms with Gasteiger partial charge in [-0.15, -0.1) is 0 Å². The van der Waals surface area contributed by atoms with E-state index in [-0.39, 0.29) is 5.91 Å². The maximum absolute atomic E-state index is 11.9. The van der Waals surface area contributed by atoms with Crippen LogP contribution in [0, 0.1) is 12.8 Å². The number of rotatable bonds is 7. The lowest BCUT2D eigenvalue weighted by molar-refractivity contribution is -0.122. The molecule has 0 aromatic heterocycles. The lowest BCUT2D eigenvalue weighted by Gasteiger charge is -2.34. The summed E-state index contributed by atoms with van der Waals surface area (Å²) in [6.07, 6.45) is 0. The summed E-state index contributed by atoms with van der Waals surface area (Å²) in [4.78, 5) is 16.6. The normalized spacial score (nSPS) is 16.4. The van der Waals surface area contributed by atoms with Gasteiger partial charge < -0.3 is 10.1 Å². The molecule has 1 aliphatic heterocycles. The van der Waals surface area contributed by atoms with Gasteiger partial charge in [0.15, 0.2) is 0 Å². The number of carbonyl (C=O) groups is 1. The third kappa shape index (κ3) is 5.80. The molecule has 134 valence electrons. The van der Waals surface area contributed by atoms with Crippen molar-refractivity contribution < 1.29 is 9.53 Å². The fourth-order valence-electron chi connectivity index (χ4n) is 2.95. The monoisotopic (exact) mass is 333 g/mol. The molecule has 5 heteroatoms. The molecule has 0 spiro atoms. The zero-order chi connectivity index (χ0) is 17.5. The van der Waals surface area contributed by atoms with Gasteiger partial charge in [-0.3, -0.25) is 14.6 Å². The van der Waals surface area contributed by atoms with E-state index in [4.69, 9.17) is 4.74 Å². The van der Waals surface area contributed by atoms with Gasteiger partial charge in [0.2, 0.25) is 5.91 Å². The van der Waals surface area contributed by atoms with Crippen molar-refractivity contribution >= 4 is 5.91 Å². The van der Waals surface area contributed by atoms with E-state index in [1.54, 1.807) is 7.11 Å². The van der Waals surface area contributed by atoms with Crippen LogP contribution in [0.4, 0.5) is 0 Å². The van der Waals surface area contributed by atoms with Crippen molar-refractivity contribution in [3.05, 3.63) is 29.3 Å². The van der Waals surface area contributed by atoms with Gasteiger partial charge in [0.25, 0.3) is 0 Å². The molecule has 0 bridgehead atoms. The average Bonchev–Trinajstić information content (AvgIpc) is 2.55. The summed E-state index contributed by atoms with van der Waals surface area (Å²) in [6, 6.07) is 6.32. The summed E-state index contributed by atoms with van der Waals surface area (Å²) in [5, 5.41) is 2.99. The SMILES string of the molecule is COc1ccc(C)cc1CN1CCN(CC(=O)NCC(C)C)CC1. The van der Waals surface area contributed by atoms with Gasteiger partial charge in [-0.25, -0.2) is 0 Å². The zero-order valence-corrected chi connectivity index (χ0v) is 15.5. The van der Waals surface area contributed by atoms with Crippen LogP contribution >= 0.6 is 0 Å². The van der Waals surface area contributed by atoms with Gasteiger partial charge in [-0.2, -0.15) is 0 Å². The molecular weight excluding hydrogens is 302 g/mol. The van der Waals surface area contributed by atoms with Crippen LogP contribution in [0.3, 0.4) is 0 Å². The number of ether oxygens (including phenoxy) is 1. The Labute approximate surface area is 146 Å². The first-order valence-electron chi connectivity index (χ1n) is 8.83. The van der Waals surface area contributed by atoms with E-state index >= 15 is 0 Å². The molecule has 0 aliphatic carbocycles.